The first-order valence-electron chi connectivity index (χ1n) is 4.96. The van der Waals surface area contributed by atoms with E-state index in [9.17, 15) is 9.18 Å². The van der Waals surface area contributed by atoms with Gasteiger partial charge in [-0.25, -0.2) is 9.18 Å². The molecule has 1 aliphatic heterocycles. The average molecular weight is 219 g/mol. The predicted octanol–water partition coefficient (Wildman–Crippen LogP) is 0.189. The van der Waals surface area contributed by atoms with Crippen LogP contribution in [0.3, 0.4) is 0 Å². The van der Waals surface area contributed by atoms with Crippen LogP contribution in [0.15, 0.2) is 0 Å². The molecule has 88 valence electrons. The van der Waals surface area contributed by atoms with Gasteiger partial charge in [0.15, 0.2) is 5.72 Å². The minimum atomic E-state index is -1.19. The van der Waals surface area contributed by atoms with E-state index in [4.69, 9.17) is 16.2 Å². The van der Waals surface area contributed by atoms with Gasteiger partial charge in [-0.05, 0) is 20.3 Å². The number of nitrogens with zero attached hydrogens (tertiary/aromatic N) is 1. The second-order valence-corrected chi connectivity index (χ2v) is 4.39. The molecule has 1 fully saturated rings. The summed E-state index contributed by atoms with van der Waals surface area (Å²) in [6.07, 6.45) is -1.33. The van der Waals surface area contributed by atoms with Crippen molar-refractivity contribution in [3.8, 4) is 0 Å². The standard InChI is InChI=1S/C9H18FN3O2/c1-9(2,12)15-8(14)13-4-3-7(11)6(10)5-13/h6-7H,3-5,11-12H2,1-2H3. The fourth-order valence-electron chi connectivity index (χ4n) is 1.38. The van der Waals surface area contributed by atoms with Gasteiger partial charge in [-0.15, -0.1) is 0 Å². The summed E-state index contributed by atoms with van der Waals surface area (Å²) in [7, 11) is 0. The van der Waals surface area contributed by atoms with E-state index in [0.717, 1.165) is 0 Å². The molecule has 1 aliphatic rings. The third-order valence-electron chi connectivity index (χ3n) is 2.20. The Morgan fingerprint density at radius 1 is 1.60 bits per heavy atom. The summed E-state index contributed by atoms with van der Waals surface area (Å²) in [5.41, 5.74) is 9.97. The number of carbonyl (C=O) groups excluding carboxylic acids is 1. The number of nitrogens with two attached hydrogens (primary N) is 2. The smallest absolute Gasteiger partial charge is 0.411 e. The molecule has 0 aromatic heterocycles. The molecular formula is C9H18FN3O2. The molecule has 0 aromatic carbocycles. The number of alkyl halides is 1. The molecule has 0 saturated carbocycles. The first-order chi connectivity index (χ1) is 6.79. The summed E-state index contributed by atoms with van der Waals surface area (Å²) >= 11 is 0. The van der Waals surface area contributed by atoms with Crippen molar-refractivity contribution in [3.05, 3.63) is 0 Å². The van der Waals surface area contributed by atoms with Gasteiger partial charge in [0.25, 0.3) is 0 Å². The number of carbonyl (C=O) groups is 1. The molecule has 15 heavy (non-hydrogen) atoms. The number of ether oxygens (including phenoxy) is 1. The highest BCUT2D eigenvalue weighted by atomic mass is 19.1. The van der Waals surface area contributed by atoms with Crippen molar-refractivity contribution in [2.45, 2.75) is 38.2 Å². The Bertz CT molecular complexity index is 242. The number of halogens is 1. The fourth-order valence-corrected chi connectivity index (χ4v) is 1.38. The third-order valence-corrected chi connectivity index (χ3v) is 2.20. The van der Waals surface area contributed by atoms with Gasteiger partial charge in [0.2, 0.25) is 0 Å². The monoisotopic (exact) mass is 219 g/mol. The minimum Gasteiger partial charge on any atom is -0.428 e. The van der Waals surface area contributed by atoms with Crippen molar-refractivity contribution < 1.29 is 13.9 Å². The first-order valence-corrected chi connectivity index (χ1v) is 4.96. The van der Waals surface area contributed by atoms with Crippen LogP contribution in [0.25, 0.3) is 0 Å². The largest absolute Gasteiger partial charge is 0.428 e. The van der Waals surface area contributed by atoms with Gasteiger partial charge in [-0.3, -0.25) is 5.73 Å². The summed E-state index contributed by atoms with van der Waals surface area (Å²) < 4.78 is 18.1. The number of piperidine rings is 1. The Hall–Kier alpha value is -0.880. The van der Waals surface area contributed by atoms with Crippen LogP contribution in [0, 0.1) is 0 Å². The molecular weight excluding hydrogens is 201 g/mol. The lowest BCUT2D eigenvalue weighted by Crippen LogP contribution is -2.52. The molecule has 1 rings (SSSR count). The van der Waals surface area contributed by atoms with Gasteiger partial charge in [-0.1, -0.05) is 0 Å². The van der Waals surface area contributed by atoms with Crippen LogP contribution in [-0.2, 0) is 4.74 Å². The van der Waals surface area contributed by atoms with E-state index >= 15 is 0 Å². The van der Waals surface area contributed by atoms with Gasteiger partial charge >= 0.3 is 6.09 Å². The first kappa shape index (κ1) is 12.2. The van der Waals surface area contributed by atoms with E-state index in [1.165, 1.54) is 4.90 Å². The SMILES string of the molecule is CC(C)(N)OC(=O)N1CCC(N)C(F)C1. The normalized spacial score (nSPS) is 27.7. The summed E-state index contributed by atoms with van der Waals surface area (Å²) in [4.78, 5) is 12.8. The number of rotatable bonds is 1. The number of hydrogen-bond acceptors (Lipinski definition) is 4. The van der Waals surface area contributed by atoms with E-state index in [1.54, 1.807) is 13.8 Å². The summed E-state index contributed by atoms with van der Waals surface area (Å²) in [5.74, 6) is 0. The van der Waals surface area contributed by atoms with Gasteiger partial charge in [-0.2, -0.15) is 0 Å². The van der Waals surface area contributed by atoms with Crippen LogP contribution in [0.5, 0.6) is 0 Å². The molecule has 1 heterocycles. The topological polar surface area (TPSA) is 81.6 Å². The lowest BCUT2D eigenvalue weighted by Gasteiger charge is -2.33. The maximum Gasteiger partial charge on any atom is 0.411 e. The Balaban J connectivity index is 2.48. The van der Waals surface area contributed by atoms with Gasteiger partial charge in [0.1, 0.15) is 6.17 Å². The predicted molar refractivity (Wildman–Crippen MR) is 53.8 cm³/mol. The molecule has 2 unspecified atom stereocenters. The Kier molecular flexibility index (Phi) is 3.51. The van der Waals surface area contributed by atoms with Gasteiger partial charge < -0.3 is 15.4 Å². The second-order valence-electron chi connectivity index (χ2n) is 4.39. The van der Waals surface area contributed by atoms with Gasteiger partial charge in [0.05, 0.1) is 6.54 Å². The molecule has 1 amide bonds. The van der Waals surface area contributed by atoms with E-state index in [-0.39, 0.29) is 6.54 Å². The van der Waals surface area contributed by atoms with E-state index in [1.807, 2.05) is 0 Å². The minimum absolute atomic E-state index is 0.0178. The van der Waals surface area contributed by atoms with Crippen LogP contribution in [-0.4, -0.2) is 42.0 Å². The summed E-state index contributed by atoms with van der Waals surface area (Å²) in [6, 6.07) is -0.486. The molecule has 0 aromatic rings. The zero-order chi connectivity index (χ0) is 11.6. The average Bonchev–Trinajstić information content (AvgIpc) is 2.06. The summed E-state index contributed by atoms with van der Waals surface area (Å²) in [5, 5.41) is 0. The van der Waals surface area contributed by atoms with Crippen LogP contribution in [0.1, 0.15) is 20.3 Å². The zero-order valence-corrected chi connectivity index (χ0v) is 9.07. The second kappa shape index (κ2) is 4.32. The highest BCUT2D eigenvalue weighted by molar-refractivity contribution is 5.68. The van der Waals surface area contributed by atoms with Crippen molar-refractivity contribution in [2.24, 2.45) is 11.5 Å². The molecule has 4 N–H and O–H groups in total. The lowest BCUT2D eigenvalue weighted by atomic mass is 10.1. The molecule has 1 saturated heterocycles. The van der Waals surface area contributed by atoms with Crippen molar-refractivity contribution in [1.82, 2.24) is 4.90 Å². The summed E-state index contributed by atoms with van der Waals surface area (Å²) in [6.45, 7) is 3.52. The highest BCUT2D eigenvalue weighted by Crippen LogP contribution is 2.14. The fraction of sp³-hybridized carbons (Fsp3) is 0.889. The molecule has 5 nitrogen and oxygen atoms in total. The number of likely N-dealkylation sites (tertiary alicyclic amines) is 1. The quantitative estimate of drug-likeness (QED) is 0.617. The van der Waals surface area contributed by atoms with E-state index in [0.29, 0.717) is 13.0 Å². The molecule has 2 atom stereocenters. The van der Waals surface area contributed by atoms with Crippen molar-refractivity contribution in [2.75, 3.05) is 13.1 Å². The number of amides is 1. The molecule has 6 heteroatoms. The number of hydrogen-bond donors (Lipinski definition) is 2. The maximum absolute atomic E-state index is 13.2. The van der Waals surface area contributed by atoms with Crippen molar-refractivity contribution in [1.29, 1.82) is 0 Å². The molecule has 0 aliphatic carbocycles. The lowest BCUT2D eigenvalue weighted by molar-refractivity contribution is 0.00537. The van der Waals surface area contributed by atoms with E-state index in [2.05, 4.69) is 0 Å². The zero-order valence-electron chi connectivity index (χ0n) is 9.07. The molecule has 0 radical (unpaired) electrons. The van der Waals surface area contributed by atoms with Crippen LogP contribution in [0.2, 0.25) is 0 Å². The Labute approximate surface area is 88.5 Å². The van der Waals surface area contributed by atoms with Crippen LogP contribution in [0.4, 0.5) is 9.18 Å². The van der Waals surface area contributed by atoms with Crippen LogP contribution < -0.4 is 11.5 Å². The van der Waals surface area contributed by atoms with Crippen molar-refractivity contribution >= 4 is 6.09 Å². The maximum atomic E-state index is 13.2. The highest BCUT2D eigenvalue weighted by Gasteiger charge is 2.31. The Morgan fingerprint density at radius 3 is 2.67 bits per heavy atom. The van der Waals surface area contributed by atoms with Gasteiger partial charge in [0, 0.05) is 12.6 Å². The molecule has 0 bridgehead atoms. The Morgan fingerprint density at radius 2 is 2.20 bits per heavy atom. The molecule has 0 spiro atoms. The third kappa shape index (κ3) is 3.64. The van der Waals surface area contributed by atoms with Crippen LogP contribution >= 0.6 is 0 Å². The van der Waals surface area contributed by atoms with E-state index < -0.39 is 24.0 Å². The van der Waals surface area contributed by atoms with Crippen molar-refractivity contribution in [3.63, 3.8) is 0 Å².